The van der Waals surface area contributed by atoms with Gasteiger partial charge in [0.15, 0.2) is 17.6 Å². The highest BCUT2D eigenvalue weighted by atomic mass is 16.5. The highest BCUT2D eigenvalue weighted by Gasteiger charge is 2.44. The Morgan fingerprint density at radius 3 is 1.97 bits per heavy atom. The van der Waals surface area contributed by atoms with Gasteiger partial charge in [-0.05, 0) is 36.4 Å². The summed E-state index contributed by atoms with van der Waals surface area (Å²) in [6, 6.07) is 19.7. The number of nitrogens with zero attached hydrogens (tertiary/aromatic N) is 3. The third-order valence-corrected chi connectivity index (χ3v) is 5.29. The molecule has 7 heteroatoms. The molecule has 1 aromatic heterocycles. The van der Waals surface area contributed by atoms with E-state index in [9.17, 15) is 9.59 Å². The van der Waals surface area contributed by atoms with E-state index in [4.69, 9.17) is 4.74 Å². The Morgan fingerprint density at radius 1 is 0.800 bits per heavy atom. The van der Waals surface area contributed by atoms with Gasteiger partial charge in [0.1, 0.15) is 22.8 Å². The van der Waals surface area contributed by atoms with Gasteiger partial charge in [0.2, 0.25) is 0 Å². The number of hydrogen-bond acceptors (Lipinski definition) is 6. The lowest BCUT2D eigenvalue weighted by atomic mass is 9.82. The quantitative estimate of drug-likeness (QED) is 0.566. The number of hydrogen-bond donors (Lipinski definition) is 1. The maximum Gasteiger partial charge on any atom is 0.192 e. The summed E-state index contributed by atoms with van der Waals surface area (Å²) in [5.41, 5.74) is 2.82. The number of rotatable bonds is 4. The van der Waals surface area contributed by atoms with Gasteiger partial charge in [-0.2, -0.15) is 15.0 Å². The third kappa shape index (κ3) is 2.91. The summed E-state index contributed by atoms with van der Waals surface area (Å²) in [4.78, 5) is 28.2. The zero-order valence-electron chi connectivity index (χ0n) is 16.1. The monoisotopic (exact) mass is 398 g/mol. The maximum atomic E-state index is 13.4. The highest BCUT2D eigenvalue weighted by molar-refractivity contribution is 6.19. The average Bonchev–Trinajstić information content (AvgIpc) is 3.21. The minimum Gasteiger partial charge on any atom is -0.497 e. The molecule has 2 unspecified atom stereocenters. The fraction of sp³-hybridized carbons (Fsp3) is 0.130. The van der Waals surface area contributed by atoms with Crippen LogP contribution in [0.1, 0.15) is 26.8 Å². The minimum absolute atomic E-state index is 0.174. The molecule has 4 aromatic rings. The van der Waals surface area contributed by atoms with Crippen molar-refractivity contribution in [2.45, 2.75) is 12.1 Å². The highest BCUT2D eigenvalue weighted by Crippen LogP contribution is 2.31. The number of fused-ring (bicyclic) bond motifs is 2. The van der Waals surface area contributed by atoms with Gasteiger partial charge in [0, 0.05) is 16.8 Å². The second kappa shape index (κ2) is 7.11. The molecule has 0 fully saturated rings. The zero-order chi connectivity index (χ0) is 20.7. The summed E-state index contributed by atoms with van der Waals surface area (Å²) < 4.78 is 5.20. The van der Waals surface area contributed by atoms with Crippen molar-refractivity contribution in [1.82, 2.24) is 15.0 Å². The van der Waals surface area contributed by atoms with E-state index in [2.05, 4.69) is 15.5 Å². The predicted octanol–water partition coefficient (Wildman–Crippen LogP) is 3.54. The third-order valence-electron chi connectivity index (χ3n) is 5.29. The summed E-state index contributed by atoms with van der Waals surface area (Å²) in [5.74, 6) is 0.331. The van der Waals surface area contributed by atoms with Crippen LogP contribution in [0, 0.1) is 0 Å². The van der Waals surface area contributed by atoms with Crippen molar-refractivity contribution in [2.24, 2.45) is 0 Å². The van der Waals surface area contributed by atoms with Crippen molar-refractivity contribution in [3.8, 4) is 5.75 Å². The summed E-state index contributed by atoms with van der Waals surface area (Å²) in [6.07, 6.45) is 0. The molecule has 0 radical (unpaired) electrons. The summed E-state index contributed by atoms with van der Waals surface area (Å²) >= 11 is 0. The van der Waals surface area contributed by atoms with Crippen LogP contribution < -0.4 is 10.1 Å². The molecule has 1 aliphatic carbocycles. The van der Waals surface area contributed by atoms with Crippen LogP contribution in [-0.4, -0.2) is 39.7 Å². The van der Waals surface area contributed by atoms with Gasteiger partial charge in [-0.15, -0.1) is 0 Å². The molecule has 0 saturated heterocycles. The Kier molecular flexibility index (Phi) is 4.28. The average molecular weight is 398 g/mol. The number of anilines is 1. The van der Waals surface area contributed by atoms with Gasteiger partial charge in [0.05, 0.1) is 7.11 Å². The van der Waals surface area contributed by atoms with Crippen LogP contribution in [0.15, 0.2) is 72.8 Å². The lowest BCUT2D eigenvalue weighted by Gasteiger charge is -2.31. The molecule has 0 spiro atoms. The number of methoxy groups -OCH3 is 1. The SMILES string of the molecule is COc1ccc(NC2C(=O)c3ccccc3C(=O)C2n2nc3ccccc3n2)cc1. The Hall–Kier alpha value is -4.00. The molecule has 0 aliphatic heterocycles. The topological polar surface area (TPSA) is 86.1 Å². The number of nitrogens with one attached hydrogen (secondary N) is 1. The molecule has 7 nitrogen and oxygen atoms in total. The van der Waals surface area contributed by atoms with Crippen molar-refractivity contribution in [3.05, 3.63) is 83.9 Å². The first-order valence-corrected chi connectivity index (χ1v) is 9.55. The summed E-state index contributed by atoms with van der Waals surface area (Å²) in [7, 11) is 1.59. The number of ether oxygens (including phenoxy) is 1. The van der Waals surface area contributed by atoms with Gasteiger partial charge < -0.3 is 10.1 Å². The number of ketones is 2. The molecule has 0 bridgehead atoms. The van der Waals surface area contributed by atoms with Gasteiger partial charge >= 0.3 is 0 Å². The van der Waals surface area contributed by atoms with Crippen LogP contribution in [0.3, 0.4) is 0 Å². The van der Waals surface area contributed by atoms with Crippen LogP contribution in [0.4, 0.5) is 5.69 Å². The van der Waals surface area contributed by atoms with E-state index < -0.39 is 12.1 Å². The Balaban J connectivity index is 1.61. The lowest BCUT2D eigenvalue weighted by Crippen LogP contribution is -2.47. The normalized spacial score (nSPS) is 18.3. The van der Waals surface area contributed by atoms with Gasteiger partial charge in [0.25, 0.3) is 0 Å². The fourth-order valence-corrected chi connectivity index (χ4v) is 3.78. The molecule has 3 aromatic carbocycles. The lowest BCUT2D eigenvalue weighted by molar-refractivity contribution is 0.0793. The van der Waals surface area contributed by atoms with E-state index in [1.165, 1.54) is 4.80 Å². The van der Waals surface area contributed by atoms with Gasteiger partial charge in [-0.3, -0.25) is 9.59 Å². The molecule has 2 atom stereocenters. The molecule has 1 aliphatic rings. The van der Waals surface area contributed by atoms with Gasteiger partial charge in [-0.1, -0.05) is 36.4 Å². The molecule has 30 heavy (non-hydrogen) atoms. The Morgan fingerprint density at radius 2 is 1.37 bits per heavy atom. The first-order chi connectivity index (χ1) is 14.7. The van der Waals surface area contributed by atoms with Crippen molar-refractivity contribution >= 4 is 28.3 Å². The first kappa shape index (κ1) is 18.1. The number of carbonyl (C=O) groups excluding carboxylic acids is 2. The molecule has 1 heterocycles. The van der Waals surface area contributed by atoms with E-state index in [0.717, 1.165) is 0 Å². The first-order valence-electron chi connectivity index (χ1n) is 9.55. The second-order valence-electron chi connectivity index (χ2n) is 7.08. The van der Waals surface area contributed by atoms with Crippen molar-refractivity contribution < 1.29 is 14.3 Å². The minimum atomic E-state index is -0.901. The van der Waals surface area contributed by atoms with E-state index in [-0.39, 0.29) is 11.6 Å². The standard InChI is InChI=1S/C23H18N4O3/c1-30-15-12-10-14(11-13-15)24-20-21(27-25-18-8-4-5-9-19(18)26-27)23(29)17-7-3-2-6-16(17)22(20)28/h2-13,20-21,24H,1H3. The van der Waals surface area contributed by atoms with Gasteiger partial charge in [-0.25, -0.2) is 0 Å². The fourth-order valence-electron chi connectivity index (χ4n) is 3.78. The number of carbonyl (C=O) groups is 2. The number of benzene rings is 3. The molecule has 0 amide bonds. The largest absolute Gasteiger partial charge is 0.497 e. The second-order valence-corrected chi connectivity index (χ2v) is 7.08. The molecular formula is C23H18N4O3. The van der Waals surface area contributed by atoms with Crippen molar-refractivity contribution in [3.63, 3.8) is 0 Å². The maximum absolute atomic E-state index is 13.4. The Bertz CT molecular complexity index is 1230. The van der Waals surface area contributed by atoms with E-state index in [1.54, 1.807) is 55.6 Å². The summed E-state index contributed by atoms with van der Waals surface area (Å²) in [5, 5.41) is 12.2. The smallest absolute Gasteiger partial charge is 0.192 e. The Labute approximate surface area is 172 Å². The van der Waals surface area contributed by atoms with E-state index >= 15 is 0 Å². The van der Waals surface area contributed by atoms with E-state index in [0.29, 0.717) is 33.6 Å². The number of Topliss-reactive ketones (excluding diaryl/α,β-unsaturated/α-hetero) is 2. The van der Waals surface area contributed by atoms with Crippen LogP contribution in [-0.2, 0) is 0 Å². The van der Waals surface area contributed by atoms with Crippen molar-refractivity contribution in [2.75, 3.05) is 12.4 Å². The summed E-state index contributed by atoms with van der Waals surface area (Å²) in [6.45, 7) is 0. The molecular weight excluding hydrogens is 380 g/mol. The molecule has 148 valence electrons. The van der Waals surface area contributed by atoms with Crippen LogP contribution >= 0.6 is 0 Å². The van der Waals surface area contributed by atoms with Crippen LogP contribution in [0.25, 0.3) is 11.0 Å². The van der Waals surface area contributed by atoms with E-state index in [1.807, 2.05) is 24.3 Å². The van der Waals surface area contributed by atoms with Crippen molar-refractivity contribution in [1.29, 1.82) is 0 Å². The molecule has 1 N–H and O–H groups in total. The zero-order valence-corrected chi connectivity index (χ0v) is 16.1. The van der Waals surface area contributed by atoms with Crippen LogP contribution in [0.5, 0.6) is 5.75 Å². The van der Waals surface area contributed by atoms with Crippen LogP contribution in [0.2, 0.25) is 0 Å². The molecule has 0 saturated carbocycles. The molecule has 5 rings (SSSR count). The number of aromatic nitrogens is 3. The predicted molar refractivity (Wildman–Crippen MR) is 112 cm³/mol.